The zero-order chi connectivity index (χ0) is 15.0. The van der Waals surface area contributed by atoms with Crippen LogP contribution in [0.5, 0.6) is 11.5 Å². The van der Waals surface area contributed by atoms with Gasteiger partial charge in [0.15, 0.2) is 11.6 Å². The van der Waals surface area contributed by atoms with E-state index in [1.54, 1.807) is 19.2 Å². The van der Waals surface area contributed by atoms with Crippen LogP contribution in [0.1, 0.15) is 23.1 Å². The van der Waals surface area contributed by atoms with Crippen molar-refractivity contribution in [3.8, 4) is 11.5 Å². The van der Waals surface area contributed by atoms with Gasteiger partial charge >= 0.3 is 0 Å². The summed E-state index contributed by atoms with van der Waals surface area (Å²) in [6.07, 6.45) is 1.28. The Morgan fingerprint density at radius 3 is 2.57 bits per heavy atom. The Morgan fingerprint density at radius 1 is 1.10 bits per heavy atom. The lowest BCUT2D eigenvalue weighted by molar-refractivity contribution is 0.0823. The topological polar surface area (TPSA) is 38.7 Å². The molecule has 0 bridgehead atoms. The smallest absolute Gasteiger partial charge is 0.165 e. The summed E-state index contributed by atoms with van der Waals surface area (Å²) < 4.78 is 24.1. The number of halogens is 1. The molecule has 110 valence electrons. The van der Waals surface area contributed by atoms with Crippen LogP contribution < -0.4 is 9.47 Å². The van der Waals surface area contributed by atoms with Gasteiger partial charge in [0.05, 0.1) is 14.2 Å². The van der Waals surface area contributed by atoms with Crippen molar-refractivity contribution >= 4 is 0 Å². The van der Waals surface area contributed by atoms with Gasteiger partial charge in [-0.3, -0.25) is 0 Å². The minimum atomic E-state index is -1.18. The number of hydrogen-bond donors (Lipinski definition) is 1. The molecule has 0 heterocycles. The van der Waals surface area contributed by atoms with E-state index in [2.05, 4.69) is 0 Å². The maximum Gasteiger partial charge on any atom is 0.165 e. The van der Waals surface area contributed by atoms with E-state index in [9.17, 15) is 9.50 Å². The summed E-state index contributed by atoms with van der Waals surface area (Å²) in [4.78, 5) is 0. The van der Waals surface area contributed by atoms with Gasteiger partial charge in [-0.25, -0.2) is 4.39 Å². The Labute approximate surface area is 122 Å². The van der Waals surface area contributed by atoms with E-state index in [-0.39, 0.29) is 5.75 Å². The maximum atomic E-state index is 13.9. The summed E-state index contributed by atoms with van der Waals surface area (Å²) in [6.45, 7) is 0. The van der Waals surface area contributed by atoms with Gasteiger partial charge in [0.2, 0.25) is 0 Å². The normalized spacial score (nSPS) is 20.2. The predicted octanol–water partition coefficient (Wildman–Crippen LogP) is 3.03. The fourth-order valence-corrected chi connectivity index (χ4v) is 2.96. The number of methoxy groups -OCH3 is 2. The lowest BCUT2D eigenvalue weighted by atomic mass is 9.87. The molecule has 0 aromatic heterocycles. The monoisotopic (exact) mass is 288 g/mol. The molecule has 0 fully saturated rings. The molecular weight excluding hydrogens is 271 g/mol. The number of aryl methyl sites for hydroxylation is 1. The van der Waals surface area contributed by atoms with Crippen LogP contribution in [-0.4, -0.2) is 19.3 Å². The highest BCUT2D eigenvalue weighted by Crippen LogP contribution is 2.44. The number of rotatable bonds is 3. The van der Waals surface area contributed by atoms with Crippen LogP contribution in [0.4, 0.5) is 4.39 Å². The lowest BCUT2D eigenvalue weighted by Gasteiger charge is -2.25. The summed E-state index contributed by atoms with van der Waals surface area (Å²) in [5.41, 5.74) is 1.20. The quantitative estimate of drug-likeness (QED) is 0.943. The SMILES string of the molecule is COc1ccc2c(c1)C(O)(c1ccc(OC)c(F)c1)CC2. The first-order chi connectivity index (χ1) is 10.1. The van der Waals surface area contributed by atoms with Crippen molar-refractivity contribution in [2.45, 2.75) is 18.4 Å². The second-order valence-electron chi connectivity index (χ2n) is 5.23. The highest BCUT2D eigenvalue weighted by molar-refractivity contribution is 5.49. The van der Waals surface area contributed by atoms with Crippen LogP contribution in [0, 0.1) is 5.82 Å². The molecule has 0 aliphatic heterocycles. The standard InChI is InChI=1S/C17H17FO3/c1-20-13-5-3-11-7-8-17(19,14(11)10-13)12-4-6-16(21-2)15(18)9-12/h3-6,9-10,19H,7-8H2,1-2H3. The fraction of sp³-hybridized carbons (Fsp3) is 0.294. The number of fused-ring (bicyclic) bond motifs is 1. The van der Waals surface area contributed by atoms with Crippen molar-refractivity contribution < 1.29 is 19.0 Å². The molecule has 1 N–H and O–H groups in total. The summed E-state index contributed by atoms with van der Waals surface area (Å²) in [6, 6.07) is 10.2. The van der Waals surface area contributed by atoms with E-state index in [0.717, 1.165) is 17.5 Å². The molecule has 4 heteroatoms. The Bertz CT molecular complexity index is 684. The molecule has 2 aromatic carbocycles. The van der Waals surface area contributed by atoms with Crippen molar-refractivity contribution in [1.82, 2.24) is 0 Å². The third-order valence-corrected chi connectivity index (χ3v) is 4.15. The highest BCUT2D eigenvalue weighted by atomic mass is 19.1. The molecule has 0 amide bonds. The summed E-state index contributed by atoms with van der Waals surface area (Å²) >= 11 is 0. The van der Waals surface area contributed by atoms with Crippen LogP contribution in [0.25, 0.3) is 0 Å². The molecule has 21 heavy (non-hydrogen) atoms. The Morgan fingerprint density at radius 2 is 1.90 bits per heavy atom. The number of benzene rings is 2. The highest BCUT2D eigenvalue weighted by Gasteiger charge is 2.39. The van der Waals surface area contributed by atoms with Crippen LogP contribution in [0.15, 0.2) is 36.4 Å². The zero-order valence-electron chi connectivity index (χ0n) is 12.0. The van der Waals surface area contributed by atoms with E-state index < -0.39 is 11.4 Å². The molecule has 0 saturated heterocycles. The minimum absolute atomic E-state index is 0.172. The number of ether oxygens (including phenoxy) is 2. The van der Waals surface area contributed by atoms with Gasteiger partial charge < -0.3 is 14.6 Å². The average molecular weight is 288 g/mol. The first kappa shape index (κ1) is 13.9. The van der Waals surface area contributed by atoms with E-state index in [1.807, 2.05) is 18.2 Å². The molecule has 1 atom stereocenters. The summed E-state index contributed by atoms with van der Waals surface area (Å²) in [7, 11) is 3.01. The van der Waals surface area contributed by atoms with Crippen molar-refractivity contribution in [2.24, 2.45) is 0 Å². The molecule has 0 radical (unpaired) electrons. The zero-order valence-corrected chi connectivity index (χ0v) is 12.0. The van der Waals surface area contributed by atoms with Crippen molar-refractivity contribution in [2.75, 3.05) is 14.2 Å². The predicted molar refractivity (Wildman–Crippen MR) is 77.3 cm³/mol. The molecule has 2 aromatic rings. The van der Waals surface area contributed by atoms with E-state index in [1.165, 1.54) is 13.2 Å². The average Bonchev–Trinajstić information content (AvgIpc) is 2.85. The van der Waals surface area contributed by atoms with Crippen molar-refractivity contribution in [1.29, 1.82) is 0 Å². The third kappa shape index (κ3) is 2.16. The van der Waals surface area contributed by atoms with Crippen LogP contribution in [-0.2, 0) is 12.0 Å². The molecule has 0 saturated carbocycles. The van der Waals surface area contributed by atoms with Gasteiger partial charge in [-0.15, -0.1) is 0 Å². The van der Waals surface area contributed by atoms with Gasteiger partial charge in [-0.1, -0.05) is 12.1 Å². The largest absolute Gasteiger partial charge is 0.497 e. The Kier molecular flexibility index (Phi) is 3.33. The van der Waals surface area contributed by atoms with Gasteiger partial charge in [0.1, 0.15) is 11.4 Å². The second-order valence-corrected chi connectivity index (χ2v) is 5.23. The first-order valence-electron chi connectivity index (χ1n) is 6.82. The summed E-state index contributed by atoms with van der Waals surface area (Å²) in [5.74, 6) is 0.383. The fourth-order valence-electron chi connectivity index (χ4n) is 2.96. The van der Waals surface area contributed by atoms with Gasteiger partial charge in [0, 0.05) is 0 Å². The minimum Gasteiger partial charge on any atom is -0.497 e. The van der Waals surface area contributed by atoms with Gasteiger partial charge in [0.25, 0.3) is 0 Å². The van der Waals surface area contributed by atoms with Crippen LogP contribution in [0.2, 0.25) is 0 Å². The van der Waals surface area contributed by atoms with E-state index >= 15 is 0 Å². The van der Waals surface area contributed by atoms with E-state index in [4.69, 9.17) is 9.47 Å². The summed E-state index contributed by atoms with van der Waals surface area (Å²) in [5, 5.41) is 11.1. The second kappa shape index (κ2) is 5.04. The number of aliphatic hydroxyl groups is 1. The molecule has 1 unspecified atom stereocenters. The van der Waals surface area contributed by atoms with Gasteiger partial charge in [-0.2, -0.15) is 0 Å². The van der Waals surface area contributed by atoms with Crippen molar-refractivity contribution in [3.05, 3.63) is 58.9 Å². The van der Waals surface area contributed by atoms with Crippen LogP contribution in [0.3, 0.4) is 0 Å². The Hall–Kier alpha value is -2.07. The maximum absolute atomic E-state index is 13.9. The first-order valence-corrected chi connectivity index (χ1v) is 6.82. The molecular formula is C17H17FO3. The van der Waals surface area contributed by atoms with Gasteiger partial charge in [-0.05, 0) is 53.8 Å². The van der Waals surface area contributed by atoms with Crippen molar-refractivity contribution in [3.63, 3.8) is 0 Å². The molecule has 0 spiro atoms. The van der Waals surface area contributed by atoms with Crippen LogP contribution >= 0.6 is 0 Å². The Balaban J connectivity index is 2.09. The molecule has 3 nitrogen and oxygen atoms in total. The molecule has 3 rings (SSSR count). The lowest BCUT2D eigenvalue weighted by Crippen LogP contribution is -2.24. The third-order valence-electron chi connectivity index (χ3n) is 4.15. The molecule has 1 aliphatic carbocycles. The van der Waals surface area contributed by atoms with E-state index in [0.29, 0.717) is 17.7 Å². The molecule has 1 aliphatic rings. The number of hydrogen-bond acceptors (Lipinski definition) is 3.